The summed E-state index contributed by atoms with van der Waals surface area (Å²) in [6.07, 6.45) is 8.56. The Morgan fingerprint density at radius 2 is 1.69 bits per heavy atom. The molecule has 0 saturated heterocycles. The zero-order valence-corrected chi connectivity index (χ0v) is 21.8. The van der Waals surface area contributed by atoms with E-state index in [9.17, 15) is 0 Å². The van der Waals surface area contributed by atoms with Gasteiger partial charge in [0.25, 0.3) is 0 Å². The van der Waals surface area contributed by atoms with Gasteiger partial charge < -0.3 is 9.47 Å². The molecule has 1 aliphatic carbocycles. The second-order valence-electron chi connectivity index (χ2n) is 9.07. The van der Waals surface area contributed by atoms with Crippen LogP contribution in [0.5, 0.6) is 11.5 Å². The van der Waals surface area contributed by atoms with Gasteiger partial charge in [0.15, 0.2) is 0 Å². The molecule has 1 heterocycles. The van der Waals surface area contributed by atoms with Crippen molar-refractivity contribution in [1.82, 2.24) is 4.98 Å². The van der Waals surface area contributed by atoms with Crippen LogP contribution in [-0.2, 0) is 12.8 Å². The highest BCUT2D eigenvalue weighted by Crippen LogP contribution is 2.42. The van der Waals surface area contributed by atoms with Crippen LogP contribution in [0.3, 0.4) is 0 Å². The first-order valence-electron chi connectivity index (χ1n) is 12.2. The van der Waals surface area contributed by atoms with Crippen molar-refractivity contribution in [3.63, 3.8) is 0 Å². The van der Waals surface area contributed by atoms with Crippen molar-refractivity contribution in [3.05, 3.63) is 90.3 Å². The summed E-state index contributed by atoms with van der Waals surface area (Å²) >= 11 is 3.60. The molecule has 0 amide bonds. The van der Waals surface area contributed by atoms with Gasteiger partial charge in [-0.2, -0.15) is 0 Å². The highest BCUT2D eigenvalue weighted by molar-refractivity contribution is 9.09. The number of hydrogen-bond acceptors (Lipinski definition) is 3. The van der Waals surface area contributed by atoms with Gasteiger partial charge in [0.05, 0.1) is 19.6 Å². The number of alkyl halides is 1. The Balaban J connectivity index is 0.000000211. The second kappa shape index (κ2) is 10.7. The minimum Gasteiger partial charge on any atom is -0.496 e. The summed E-state index contributed by atoms with van der Waals surface area (Å²) in [5.74, 6) is 2.56. The van der Waals surface area contributed by atoms with Crippen LogP contribution in [0.4, 0.5) is 0 Å². The van der Waals surface area contributed by atoms with Crippen LogP contribution in [0.15, 0.2) is 79.1 Å². The molecule has 3 nitrogen and oxygen atoms in total. The van der Waals surface area contributed by atoms with Gasteiger partial charge >= 0.3 is 0 Å². The lowest BCUT2D eigenvalue weighted by molar-refractivity contribution is 0.405. The van der Waals surface area contributed by atoms with Crippen LogP contribution in [0.25, 0.3) is 32.3 Å². The van der Waals surface area contributed by atoms with Gasteiger partial charge in [-0.25, -0.2) is 0 Å². The number of halogens is 1. The maximum Gasteiger partial charge on any atom is 0.131 e. The number of rotatable bonds is 4. The van der Waals surface area contributed by atoms with Crippen molar-refractivity contribution in [1.29, 1.82) is 0 Å². The third-order valence-electron chi connectivity index (χ3n) is 7.11. The van der Waals surface area contributed by atoms with Crippen LogP contribution >= 0.6 is 15.9 Å². The van der Waals surface area contributed by atoms with Crippen molar-refractivity contribution >= 4 is 48.2 Å². The standard InChI is InChI=1S/C22H23BrO2.C9H7N/c1-24-20-5-3-4-18-17-9-7-15-12-14(10-11-23)6-8-16(15)19(17)13-21(25-2)22(18)20;1-2-4-9-7-10-6-5-8(9)3-1/h3-5,7,9,13-14H,6,8,10-12H2,1-2H3;1-7H. The molecule has 1 unspecified atom stereocenters. The number of nitrogens with zero attached hydrogens (tertiary/aromatic N) is 1. The number of ether oxygens (including phenoxy) is 2. The number of fused-ring (bicyclic) bond motifs is 6. The first-order valence-corrected chi connectivity index (χ1v) is 13.3. The molecule has 35 heavy (non-hydrogen) atoms. The summed E-state index contributed by atoms with van der Waals surface area (Å²) in [4.78, 5) is 4.01. The molecule has 0 fully saturated rings. The van der Waals surface area contributed by atoms with Crippen LogP contribution in [0, 0.1) is 5.92 Å². The molecule has 0 N–H and O–H groups in total. The van der Waals surface area contributed by atoms with E-state index in [2.05, 4.69) is 63.4 Å². The summed E-state index contributed by atoms with van der Waals surface area (Å²) < 4.78 is 11.3. The third kappa shape index (κ3) is 4.72. The molecule has 5 aromatic rings. The van der Waals surface area contributed by atoms with Crippen LogP contribution in [-0.4, -0.2) is 24.5 Å². The van der Waals surface area contributed by atoms with E-state index >= 15 is 0 Å². The Bertz CT molecular complexity index is 1410. The number of aryl methyl sites for hydroxylation is 1. The fraction of sp³-hybridized carbons (Fsp3) is 0.258. The maximum atomic E-state index is 5.74. The molecule has 178 valence electrons. The Kier molecular flexibility index (Phi) is 7.19. The summed E-state index contributed by atoms with van der Waals surface area (Å²) in [5, 5.41) is 8.45. The van der Waals surface area contributed by atoms with Crippen molar-refractivity contribution < 1.29 is 9.47 Å². The highest BCUT2D eigenvalue weighted by atomic mass is 79.9. The Hall–Kier alpha value is -3.11. The van der Waals surface area contributed by atoms with Crippen molar-refractivity contribution in [2.24, 2.45) is 5.92 Å². The smallest absolute Gasteiger partial charge is 0.131 e. The number of benzene rings is 4. The molecule has 0 spiro atoms. The Morgan fingerprint density at radius 3 is 2.46 bits per heavy atom. The van der Waals surface area contributed by atoms with E-state index in [1.165, 1.54) is 57.3 Å². The Labute approximate surface area is 215 Å². The van der Waals surface area contributed by atoms with Gasteiger partial charge in [0.2, 0.25) is 0 Å². The average molecular weight is 528 g/mol. The Morgan fingerprint density at radius 1 is 0.857 bits per heavy atom. The molecule has 0 saturated carbocycles. The maximum absolute atomic E-state index is 5.74. The largest absolute Gasteiger partial charge is 0.496 e. The van der Waals surface area contributed by atoms with Crippen molar-refractivity contribution in [2.45, 2.75) is 25.7 Å². The first-order chi connectivity index (χ1) is 17.2. The van der Waals surface area contributed by atoms with Gasteiger partial charge in [0, 0.05) is 17.7 Å². The molecule has 1 aliphatic rings. The summed E-state index contributed by atoms with van der Waals surface area (Å²) in [6.45, 7) is 0. The summed E-state index contributed by atoms with van der Waals surface area (Å²) in [6, 6.07) is 23.3. The fourth-order valence-electron chi connectivity index (χ4n) is 5.33. The normalized spacial score (nSPS) is 14.9. The van der Waals surface area contributed by atoms with Crippen LogP contribution in [0.1, 0.15) is 24.0 Å². The topological polar surface area (TPSA) is 31.4 Å². The molecular formula is C31H30BrNO2. The monoisotopic (exact) mass is 527 g/mol. The zero-order valence-electron chi connectivity index (χ0n) is 20.3. The number of methoxy groups -OCH3 is 2. The predicted octanol–water partition coefficient (Wildman–Crippen LogP) is 8.13. The number of hydrogen-bond donors (Lipinski definition) is 0. The first kappa shape index (κ1) is 23.6. The SMILES string of the molecule is COc1cccc2c1c(OC)cc1c3c(ccc12)CC(CCBr)CC3.c1ccc2cnccc2c1. The molecule has 0 bridgehead atoms. The van der Waals surface area contributed by atoms with Gasteiger partial charge in [-0.15, -0.1) is 0 Å². The summed E-state index contributed by atoms with van der Waals surface area (Å²) in [7, 11) is 3.46. The van der Waals surface area contributed by atoms with Crippen LogP contribution < -0.4 is 9.47 Å². The van der Waals surface area contributed by atoms with Gasteiger partial charge in [-0.1, -0.05) is 64.5 Å². The summed E-state index contributed by atoms with van der Waals surface area (Å²) in [5.41, 5.74) is 3.01. The average Bonchev–Trinajstić information content (AvgIpc) is 2.92. The van der Waals surface area contributed by atoms with E-state index in [1.807, 2.05) is 36.7 Å². The quantitative estimate of drug-likeness (QED) is 0.174. The van der Waals surface area contributed by atoms with Gasteiger partial charge in [-0.3, -0.25) is 4.98 Å². The lowest BCUT2D eigenvalue weighted by Gasteiger charge is -2.26. The lowest BCUT2D eigenvalue weighted by atomic mass is 9.80. The molecule has 0 aliphatic heterocycles. The third-order valence-corrected chi connectivity index (χ3v) is 7.57. The van der Waals surface area contributed by atoms with Crippen molar-refractivity contribution in [2.75, 3.05) is 19.5 Å². The van der Waals surface area contributed by atoms with Crippen molar-refractivity contribution in [3.8, 4) is 11.5 Å². The van der Waals surface area contributed by atoms with E-state index in [0.29, 0.717) is 0 Å². The predicted molar refractivity (Wildman–Crippen MR) is 150 cm³/mol. The minimum atomic E-state index is 0.798. The highest BCUT2D eigenvalue weighted by Gasteiger charge is 2.22. The van der Waals surface area contributed by atoms with Crippen LogP contribution in [0.2, 0.25) is 0 Å². The fourth-order valence-corrected chi connectivity index (χ4v) is 5.98. The number of pyridine rings is 1. The number of aromatic nitrogens is 1. The molecule has 1 aromatic heterocycles. The molecule has 1 atom stereocenters. The van der Waals surface area contributed by atoms with Gasteiger partial charge in [-0.05, 0) is 87.9 Å². The molecule has 0 radical (unpaired) electrons. The van der Waals surface area contributed by atoms with E-state index in [0.717, 1.165) is 34.6 Å². The van der Waals surface area contributed by atoms with Gasteiger partial charge in [0.1, 0.15) is 11.5 Å². The molecule has 6 rings (SSSR count). The van der Waals surface area contributed by atoms with E-state index < -0.39 is 0 Å². The molecule has 4 aromatic carbocycles. The van der Waals surface area contributed by atoms with E-state index in [1.54, 1.807) is 14.2 Å². The lowest BCUT2D eigenvalue weighted by Crippen LogP contribution is -2.15. The van der Waals surface area contributed by atoms with E-state index in [-0.39, 0.29) is 0 Å². The zero-order chi connectivity index (χ0) is 24.2. The van der Waals surface area contributed by atoms with E-state index in [4.69, 9.17) is 9.47 Å². The molecular weight excluding hydrogens is 498 g/mol. The molecule has 4 heteroatoms. The second-order valence-corrected chi connectivity index (χ2v) is 9.86. The minimum absolute atomic E-state index is 0.798.